The van der Waals surface area contributed by atoms with Crippen LogP contribution in [-0.4, -0.2) is 43.8 Å². The highest BCUT2D eigenvalue weighted by molar-refractivity contribution is 7.88. The van der Waals surface area contributed by atoms with Crippen molar-refractivity contribution in [1.82, 2.24) is 14.2 Å². The number of hydrogen-bond acceptors (Lipinski definition) is 5. The van der Waals surface area contributed by atoms with Crippen LogP contribution in [0.1, 0.15) is 12.8 Å². The number of nitrogens with one attached hydrogen (secondary N) is 1. The van der Waals surface area contributed by atoms with E-state index in [9.17, 15) is 13.2 Å². The second-order valence-corrected chi connectivity index (χ2v) is 8.52. The van der Waals surface area contributed by atoms with E-state index in [1.807, 2.05) is 0 Å². The number of hydrogen-bond donors (Lipinski definition) is 1. The van der Waals surface area contributed by atoms with Gasteiger partial charge < -0.3 is 4.42 Å². The van der Waals surface area contributed by atoms with Gasteiger partial charge in [0.05, 0.1) is 18.4 Å². The van der Waals surface area contributed by atoms with Gasteiger partial charge in [0.1, 0.15) is 0 Å². The zero-order valence-corrected chi connectivity index (χ0v) is 14.9. The number of piperidine rings is 1. The molecule has 1 aromatic carbocycles. The van der Waals surface area contributed by atoms with E-state index in [1.165, 1.54) is 0 Å². The Labute approximate surface area is 145 Å². The van der Waals surface area contributed by atoms with Crippen LogP contribution >= 0.6 is 11.6 Å². The van der Waals surface area contributed by atoms with Crippen LogP contribution in [0.15, 0.2) is 27.4 Å². The fourth-order valence-corrected chi connectivity index (χ4v) is 3.79. The number of fused-ring (bicyclic) bond motifs is 1. The summed E-state index contributed by atoms with van der Waals surface area (Å²) in [6.45, 7) is 2.44. The molecule has 3 rings (SSSR count). The average Bonchev–Trinajstić information content (AvgIpc) is 2.80. The third-order valence-corrected chi connectivity index (χ3v) is 5.14. The monoisotopic (exact) mass is 373 g/mol. The number of halogens is 1. The van der Waals surface area contributed by atoms with Gasteiger partial charge in [-0.25, -0.2) is 17.9 Å². The maximum absolute atomic E-state index is 12.1. The lowest BCUT2D eigenvalue weighted by atomic mass is 9.99. The quantitative estimate of drug-likeness (QED) is 0.857. The van der Waals surface area contributed by atoms with Crippen LogP contribution < -0.4 is 10.5 Å². The van der Waals surface area contributed by atoms with Gasteiger partial charge in [0.15, 0.2) is 5.58 Å². The Morgan fingerprint density at radius 2 is 2.21 bits per heavy atom. The van der Waals surface area contributed by atoms with E-state index in [-0.39, 0.29) is 5.92 Å². The van der Waals surface area contributed by atoms with E-state index in [0.29, 0.717) is 29.3 Å². The fourth-order valence-electron chi connectivity index (χ4n) is 3.09. The predicted octanol–water partition coefficient (Wildman–Crippen LogP) is 1.47. The van der Waals surface area contributed by atoms with Crippen molar-refractivity contribution < 1.29 is 12.8 Å². The Morgan fingerprint density at radius 3 is 2.96 bits per heavy atom. The van der Waals surface area contributed by atoms with E-state index in [2.05, 4.69) is 9.62 Å². The molecular formula is C15H20ClN3O4S. The van der Waals surface area contributed by atoms with E-state index in [4.69, 9.17) is 16.0 Å². The van der Waals surface area contributed by atoms with Crippen LogP contribution in [0, 0.1) is 5.92 Å². The summed E-state index contributed by atoms with van der Waals surface area (Å²) < 4.78 is 31.9. The Bertz CT molecular complexity index is 890. The van der Waals surface area contributed by atoms with Crippen molar-refractivity contribution >= 4 is 32.7 Å². The normalized spacial score (nSPS) is 19.8. The molecule has 1 atom stereocenters. The topological polar surface area (TPSA) is 84.5 Å². The van der Waals surface area contributed by atoms with Gasteiger partial charge in [-0.15, -0.1) is 0 Å². The summed E-state index contributed by atoms with van der Waals surface area (Å²) in [5, 5.41) is 0.522. The Kier molecular flexibility index (Phi) is 5.00. The van der Waals surface area contributed by atoms with Crippen molar-refractivity contribution in [1.29, 1.82) is 0 Å². The minimum absolute atomic E-state index is 0.233. The zero-order chi connectivity index (χ0) is 17.3. The van der Waals surface area contributed by atoms with Gasteiger partial charge in [-0.3, -0.25) is 9.47 Å². The number of likely N-dealkylation sites (tertiary alicyclic amines) is 1. The van der Waals surface area contributed by atoms with Crippen molar-refractivity contribution in [3.8, 4) is 0 Å². The molecule has 132 valence electrons. The molecule has 7 nitrogen and oxygen atoms in total. The first-order valence-electron chi connectivity index (χ1n) is 7.78. The van der Waals surface area contributed by atoms with E-state index < -0.39 is 15.8 Å². The molecule has 1 saturated heterocycles. The standard InChI is InChI=1S/C15H20ClN3O4S/c1-24(21,22)17-8-11-3-2-6-18(9-11)10-19-13-5-4-12(16)7-14(13)23-15(19)20/h4-5,7,11,17H,2-3,6,8-10H2,1H3. The molecule has 2 heterocycles. The average molecular weight is 374 g/mol. The van der Waals surface area contributed by atoms with Gasteiger partial charge in [0.2, 0.25) is 10.0 Å². The minimum atomic E-state index is -3.18. The van der Waals surface area contributed by atoms with Crippen LogP contribution in [0.3, 0.4) is 0 Å². The molecule has 0 spiro atoms. The highest BCUT2D eigenvalue weighted by Gasteiger charge is 2.22. The molecule has 1 N–H and O–H groups in total. The number of sulfonamides is 1. The van der Waals surface area contributed by atoms with Crippen LogP contribution in [0.25, 0.3) is 11.1 Å². The Balaban J connectivity index is 1.72. The highest BCUT2D eigenvalue weighted by atomic mass is 35.5. The van der Waals surface area contributed by atoms with Crippen LogP contribution in [-0.2, 0) is 16.7 Å². The molecule has 1 aliphatic heterocycles. The van der Waals surface area contributed by atoms with Gasteiger partial charge in [-0.1, -0.05) is 11.6 Å². The summed E-state index contributed by atoms with van der Waals surface area (Å²) >= 11 is 5.93. The molecule has 0 saturated carbocycles. The maximum atomic E-state index is 12.1. The summed E-state index contributed by atoms with van der Waals surface area (Å²) in [5.41, 5.74) is 1.18. The number of rotatable bonds is 5. The SMILES string of the molecule is CS(=O)(=O)NCC1CCCN(Cn2c(=O)oc3cc(Cl)ccc32)C1. The third kappa shape index (κ3) is 4.18. The van der Waals surface area contributed by atoms with Crippen molar-refractivity contribution in [2.75, 3.05) is 25.9 Å². The van der Waals surface area contributed by atoms with Gasteiger partial charge in [-0.2, -0.15) is 0 Å². The summed E-state index contributed by atoms with van der Waals surface area (Å²) in [7, 11) is -3.18. The number of oxazole rings is 1. The van der Waals surface area contributed by atoms with E-state index >= 15 is 0 Å². The molecule has 1 unspecified atom stereocenters. The summed E-state index contributed by atoms with van der Waals surface area (Å²) in [4.78, 5) is 14.2. The second-order valence-electron chi connectivity index (χ2n) is 6.26. The van der Waals surface area contributed by atoms with Gasteiger partial charge in [0.25, 0.3) is 0 Å². The molecule has 2 aromatic rings. The van der Waals surface area contributed by atoms with Gasteiger partial charge in [0, 0.05) is 24.2 Å². The van der Waals surface area contributed by atoms with E-state index in [0.717, 1.165) is 32.2 Å². The molecule has 1 fully saturated rings. The van der Waals surface area contributed by atoms with Crippen LogP contribution in [0.5, 0.6) is 0 Å². The predicted molar refractivity (Wildman–Crippen MR) is 92.6 cm³/mol. The molecule has 0 bridgehead atoms. The number of benzene rings is 1. The molecule has 1 aromatic heterocycles. The third-order valence-electron chi connectivity index (χ3n) is 4.21. The molecule has 9 heteroatoms. The van der Waals surface area contributed by atoms with Crippen molar-refractivity contribution in [2.24, 2.45) is 5.92 Å². The molecule has 0 amide bonds. The maximum Gasteiger partial charge on any atom is 0.421 e. The Hall–Kier alpha value is -1.35. The number of nitrogens with zero attached hydrogens (tertiary/aromatic N) is 2. The lowest BCUT2D eigenvalue weighted by Crippen LogP contribution is -2.42. The first-order chi connectivity index (χ1) is 11.3. The molecule has 0 aliphatic carbocycles. The first kappa shape index (κ1) is 17.5. The largest absolute Gasteiger partial charge is 0.421 e. The van der Waals surface area contributed by atoms with Crippen LogP contribution in [0.4, 0.5) is 0 Å². The number of aromatic nitrogens is 1. The van der Waals surface area contributed by atoms with Gasteiger partial charge in [-0.05, 0) is 37.4 Å². The lowest BCUT2D eigenvalue weighted by Gasteiger charge is -2.32. The van der Waals surface area contributed by atoms with Crippen molar-refractivity contribution in [3.63, 3.8) is 0 Å². The minimum Gasteiger partial charge on any atom is -0.408 e. The summed E-state index contributed by atoms with van der Waals surface area (Å²) in [5.74, 6) is -0.180. The van der Waals surface area contributed by atoms with Gasteiger partial charge >= 0.3 is 5.76 Å². The molecule has 24 heavy (non-hydrogen) atoms. The van der Waals surface area contributed by atoms with Crippen molar-refractivity contribution in [3.05, 3.63) is 33.8 Å². The molecule has 0 radical (unpaired) electrons. The lowest BCUT2D eigenvalue weighted by molar-refractivity contribution is 0.138. The van der Waals surface area contributed by atoms with Crippen molar-refractivity contribution in [2.45, 2.75) is 19.5 Å². The smallest absolute Gasteiger partial charge is 0.408 e. The summed E-state index contributed by atoms with van der Waals surface area (Å²) in [6.07, 6.45) is 3.10. The molecular weight excluding hydrogens is 354 g/mol. The highest BCUT2D eigenvalue weighted by Crippen LogP contribution is 2.21. The first-order valence-corrected chi connectivity index (χ1v) is 10.0. The molecule has 1 aliphatic rings. The van der Waals surface area contributed by atoms with E-state index in [1.54, 1.807) is 22.8 Å². The van der Waals surface area contributed by atoms with Crippen LogP contribution in [0.2, 0.25) is 5.02 Å². The fraction of sp³-hybridized carbons (Fsp3) is 0.533. The Morgan fingerprint density at radius 1 is 1.42 bits per heavy atom. The zero-order valence-electron chi connectivity index (χ0n) is 13.4. The second kappa shape index (κ2) is 6.87. The summed E-state index contributed by atoms with van der Waals surface area (Å²) in [6, 6.07) is 5.13.